The Hall–Kier alpha value is -3.50. The van der Waals surface area contributed by atoms with Crippen LogP contribution >= 0.6 is 12.8 Å². The van der Waals surface area contributed by atoms with E-state index in [1.54, 1.807) is 26.1 Å². The molecule has 32 heavy (non-hydrogen) atoms. The van der Waals surface area contributed by atoms with Crippen molar-refractivity contribution < 1.29 is 17.9 Å². The number of anilines is 1. The number of ether oxygens (including phenoxy) is 1. The third-order valence-corrected chi connectivity index (χ3v) is 4.56. The number of nitrogen functional groups attached to an aromatic ring is 1. The molecule has 7 nitrogen and oxygen atoms in total. The summed E-state index contributed by atoms with van der Waals surface area (Å²) in [5, 5.41) is 0.649. The summed E-state index contributed by atoms with van der Waals surface area (Å²) in [6, 6.07) is 8.92. The predicted octanol–water partition coefficient (Wildman–Crippen LogP) is 4.19. The number of aromatic nitrogens is 2. The fourth-order valence-corrected chi connectivity index (χ4v) is 3.03. The number of rotatable bonds is 4. The summed E-state index contributed by atoms with van der Waals surface area (Å²) >= 11 is 3.54. The molecular weight excluding hydrogens is 438 g/mol. The number of fused-ring (bicyclic) bond motifs is 1. The fraction of sp³-hybridized carbons (Fsp3) is 0.136. The van der Waals surface area contributed by atoms with Gasteiger partial charge in [-0.2, -0.15) is 0 Å². The number of hydrogen-bond donors (Lipinski definition) is 3. The molecule has 0 aliphatic carbocycles. The van der Waals surface area contributed by atoms with Crippen molar-refractivity contribution >= 4 is 29.6 Å². The van der Waals surface area contributed by atoms with E-state index in [-0.39, 0.29) is 35.0 Å². The minimum Gasteiger partial charge on any atom is -0.436 e. The van der Waals surface area contributed by atoms with Gasteiger partial charge in [0, 0.05) is 35.8 Å². The van der Waals surface area contributed by atoms with Crippen molar-refractivity contribution in [1.82, 2.24) is 14.7 Å². The maximum Gasteiger partial charge on any atom is 0.340 e. The van der Waals surface area contributed by atoms with Gasteiger partial charge in [0.25, 0.3) is 5.88 Å². The largest absolute Gasteiger partial charge is 0.436 e. The van der Waals surface area contributed by atoms with Crippen molar-refractivity contribution in [1.29, 1.82) is 0 Å². The Labute approximate surface area is 187 Å². The number of nitrogens with zero attached hydrogens (tertiary/aromatic N) is 2. The number of benzene rings is 1. The SMILES string of the molecule is CNS.Cc1c(Cc2ccnc(N)c2F)c(=O)oc2cc(Oc3ncccc3F)ccc12. The molecule has 0 fully saturated rings. The van der Waals surface area contributed by atoms with E-state index < -0.39 is 17.3 Å². The van der Waals surface area contributed by atoms with Crippen molar-refractivity contribution in [3.05, 3.63) is 87.5 Å². The van der Waals surface area contributed by atoms with Crippen LogP contribution in [-0.2, 0) is 6.42 Å². The molecule has 3 N–H and O–H groups in total. The van der Waals surface area contributed by atoms with Gasteiger partial charge in [-0.05, 0) is 55.4 Å². The van der Waals surface area contributed by atoms with Crippen molar-refractivity contribution in [2.24, 2.45) is 0 Å². The van der Waals surface area contributed by atoms with Gasteiger partial charge in [0.15, 0.2) is 17.5 Å². The standard InChI is InChI=1S/C21H15F2N3O3.CH5NS/c1-11-14-5-4-13(28-20-16(22)3-2-7-26-20)10-17(14)29-21(27)15(11)9-12-6-8-25-19(24)18(12)23;1-2-3/h2-8,10H,9H2,1H3,(H2,24,25);2-3H,1H3. The summed E-state index contributed by atoms with van der Waals surface area (Å²) in [6.07, 6.45) is 2.80. The maximum atomic E-state index is 14.2. The average molecular weight is 458 g/mol. The van der Waals surface area contributed by atoms with Gasteiger partial charge in [-0.3, -0.25) is 4.72 Å². The molecule has 0 bridgehead atoms. The van der Waals surface area contributed by atoms with Crippen LogP contribution in [0.15, 0.2) is 58.0 Å². The zero-order valence-electron chi connectivity index (χ0n) is 17.2. The lowest BCUT2D eigenvalue weighted by Crippen LogP contribution is -2.12. The molecule has 0 radical (unpaired) electrons. The van der Waals surface area contributed by atoms with Gasteiger partial charge in [0.05, 0.1) is 0 Å². The van der Waals surface area contributed by atoms with E-state index >= 15 is 0 Å². The van der Waals surface area contributed by atoms with Crippen LogP contribution < -0.4 is 20.8 Å². The van der Waals surface area contributed by atoms with Crippen LogP contribution in [0.1, 0.15) is 16.7 Å². The Morgan fingerprint density at radius 3 is 2.66 bits per heavy atom. The van der Waals surface area contributed by atoms with Gasteiger partial charge in [-0.1, -0.05) is 12.8 Å². The highest BCUT2D eigenvalue weighted by molar-refractivity contribution is 7.78. The molecule has 0 saturated carbocycles. The van der Waals surface area contributed by atoms with Gasteiger partial charge in [0.1, 0.15) is 11.3 Å². The normalized spacial score (nSPS) is 10.5. The van der Waals surface area contributed by atoms with Crippen molar-refractivity contribution in [3.63, 3.8) is 0 Å². The summed E-state index contributed by atoms with van der Waals surface area (Å²) in [4.78, 5) is 20.0. The lowest BCUT2D eigenvalue weighted by Gasteiger charge is -2.10. The van der Waals surface area contributed by atoms with E-state index in [2.05, 4.69) is 27.5 Å². The maximum absolute atomic E-state index is 14.2. The van der Waals surface area contributed by atoms with Crippen molar-refractivity contribution in [2.45, 2.75) is 13.3 Å². The number of thiol groups is 1. The first kappa shape index (κ1) is 23.2. The van der Waals surface area contributed by atoms with Crippen LogP contribution in [0.4, 0.5) is 14.6 Å². The molecule has 3 aromatic heterocycles. The fourth-order valence-electron chi connectivity index (χ4n) is 3.03. The van der Waals surface area contributed by atoms with Crippen molar-refractivity contribution in [2.75, 3.05) is 12.8 Å². The number of aryl methyl sites for hydroxylation is 1. The van der Waals surface area contributed by atoms with E-state index in [4.69, 9.17) is 14.9 Å². The third-order valence-electron chi connectivity index (χ3n) is 4.56. The van der Waals surface area contributed by atoms with Gasteiger partial charge < -0.3 is 14.9 Å². The molecule has 166 valence electrons. The summed E-state index contributed by atoms with van der Waals surface area (Å²) in [5.74, 6) is -1.42. The van der Waals surface area contributed by atoms with Gasteiger partial charge >= 0.3 is 5.63 Å². The molecule has 0 amide bonds. The molecule has 3 heterocycles. The number of hydrogen-bond acceptors (Lipinski definition) is 8. The summed E-state index contributed by atoms with van der Waals surface area (Å²) < 4.78 is 41.2. The monoisotopic (exact) mass is 458 g/mol. The molecule has 0 spiro atoms. The zero-order chi connectivity index (χ0) is 23.3. The van der Waals surface area contributed by atoms with Crippen molar-refractivity contribution in [3.8, 4) is 11.6 Å². The van der Waals surface area contributed by atoms with Crippen LogP contribution in [-0.4, -0.2) is 17.0 Å². The Morgan fingerprint density at radius 1 is 1.19 bits per heavy atom. The van der Waals surface area contributed by atoms with Crippen LogP contribution in [0.25, 0.3) is 11.0 Å². The van der Waals surface area contributed by atoms with Crippen LogP contribution in [0.5, 0.6) is 11.6 Å². The first-order chi connectivity index (χ1) is 15.3. The second kappa shape index (κ2) is 10.2. The second-order valence-electron chi connectivity index (χ2n) is 6.61. The highest BCUT2D eigenvalue weighted by Gasteiger charge is 2.16. The average Bonchev–Trinajstić information content (AvgIpc) is 2.76. The van der Waals surface area contributed by atoms with Gasteiger partial charge in [-0.25, -0.2) is 23.5 Å². The Bertz CT molecular complexity index is 1310. The molecule has 0 aliphatic rings. The number of nitrogens with one attached hydrogen (secondary N) is 1. The minimum absolute atomic E-state index is 0.0139. The molecule has 4 aromatic rings. The molecule has 4 rings (SSSR count). The first-order valence-electron chi connectivity index (χ1n) is 9.40. The number of halogens is 2. The Kier molecular flexibility index (Phi) is 7.39. The molecule has 0 aliphatic heterocycles. The summed E-state index contributed by atoms with van der Waals surface area (Å²) in [5.41, 5.74) is 6.36. The molecule has 0 atom stereocenters. The summed E-state index contributed by atoms with van der Waals surface area (Å²) in [7, 11) is 1.74. The zero-order valence-corrected chi connectivity index (χ0v) is 18.1. The predicted molar refractivity (Wildman–Crippen MR) is 121 cm³/mol. The lowest BCUT2D eigenvalue weighted by molar-refractivity contribution is 0.422. The molecule has 0 saturated heterocycles. The Morgan fingerprint density at radius 2 is 1.94 bits per heavy atom. The van der Waals surface area contributed by atoms with E-state index in [1.807, 2.05) is 0 Å². The topological polar surface area (TPSA) is 103 Å². The highest BCUT2D eigenvalue weighted by Crippen LogP contribution is 2.28. The van der Waals surface area contributed by atoms with E-state index in [0.717, 1.165) is 0 Å². The number of pyridine rings is 2. The molecule has 10 heteroatoms. The van der Waals surface area contributed by atoms with Gasteiger partial charge in [-0.15, -0.1) is 0 Å². The third kappa shape index (κ3) is 5.04. The quantitative estimate of drug-likeness (QED) is 0.311. The molecular formula is C22H20F2N4O3S. The van der Waals surface area contributed by atoms with Gasteiger partial charge in [0.2, 0.25) is 0 Å². The smallest absolute Gasteiger partial charge is 0.340 e. The van der Waals surface area contributed by atoms with Crippen LogP contribution in [0, 0.1) is 18.6 Å². The highest BCUT2D eigenvalue weighted by atomic mass is 32.1. The van der Waals surface area contributed by atoms with E-state index in [0.29, 0.717) is 16.5 Å². The second-order valence-corrected chi connectivity index (χ2v) is 7.06. The summed E-state index contributed by atoms with van der Waals surface area (Å²) in [6.45, 7) is 1.75. The van der Waals surface area contributed by atoms with E-state index in [1.165, 1.54) is 36.7 Å². The van der Waals surface area contributed by atoms with Crippen LogP contribution in [0.3, 0.4) is 0 Å². The van der Waals surface area contributed by atoms with E-state index in [9.17, 15) is 13.6 Å². The minimum atomic E-state index is -0.660. The molecule has 0 unspecified atom stereocenters. The molecule has 1 aromatic carbocycles. The lowest BCUT2D eigenvalue weighted by atomic mass is 10.00. The van der Waals surface area contributed by atoms with Crippen LogP contribution in [0.2, 0.25) is 0 Å². The number of nitrogens with two attached hydrogens (primary N) is 1. The Balaban J connectivity index is 0.000000913. The first-order valence-corrected chi connectivity index (χ1v) is 9.84.